The summed E-state index contributed by atoms with van der Waals surface area (Å²) in [5, 5.41) is 2.72. The van der Waals surface area contributed by atoms with Crippen molar-refractivity contribution in [3.05, 3.63) is 53.6 Å². The van der Waals surface area contributed by atoms with Crippen LogP contribution in [-0.4, -0.2) is 31.2 Å². The highest BCUT2D eigenvalue weighted by atomic mass is 16.5. The Morgan fingerprint density at radius 3 is 2.19 bits per heavy atom. The summed E-state index contributed by atoms with van der Waals surface area (Å²) in [5.41, 5.74) is 1.61. The number of benzene rings is 2. The van der Waals surface area contributed by atoms with Crippen molar-refractivity contribution in [2.24, 2.45) is 0 Å². The van der Waals surface area contributed by atoms with Crippen molar-refractivity contribution in [2.75, 3.05) is 19.0 Å². The molecule has 0 atom stereocenters. The maximum absolute atomic E-state index is 12.3. The normalized spacial score (nSPS) is 10.1. The number of hydrogen-bond acceptors (Lipinski definition) is 5. The molecule has 1 N–H and O–H groups in total. The van der Waals surface area contributed by atoms with E-state index in [9.17, 15) is 14.4 Å². The molecule has 6 nitrogen and oxygen atoms in total. The molecule has 0 aromatic heterocycles. The van der Waals surface area contributed by atoms with E-state index >= 15 is 0 Å². The smallest absolute Gasteiger partial charge is 0.224 e. The summed E-state index contributed by atoms with van der Waals surface area (Å²) in [5.74, 6) is 0.395. The Bertz CT molecular complexity index is 811. The molecule has 6 heteroatoms. The molecule has 2 rings (SSSR count). The van der Waals surface area contributed by atoms with Crippen LogP contribution in [0.15, 0.2) is 42.5 Å². The summed E-state index contributed by atoms with van der Waals surface area (Å²) >= 11 is 0. The quantitative estimate of drug-likeness (QED) is 0.733. The van der Waals surface area contributed by atoms with Gasteiger partial charge in [0.15, 0.2) is 29.7 Å². The van der Waals surface area contributed by atoms with Crippen LogP contribution in [-0.2, 0) is 4.79 Å². The van der Waals surface area contributed by atoms with Gasteiger partial charge in [-0.1, -0.05) is 6.92 Å². The number of amides is 1. The molecule has 0 radical (unpaired) electrons. The van der Waals surface area contributed by atoms with E-state index in [1.54, 1.807) is 49.4 Å². The first kappa shape index (κ1) is 19.2. The van der Waals surface area contributed by atoms with Crippen molar-refractivity contribution >= 4 is 23.2 Å². The molecule has 26 heavy (non-hydrogen) atoms. The van der Waals surface area contributed by atoms with E-state index in [1.807, 2.05) is 0 Å². The van der Waals surface area contributed by atoms with Crippen LogP contribution in [0.4, 0.5) is 5.69 Å². The van der Waals surface area contributed by atoms with Crippen LogP contribution < -0.4 is 14.8 Å². The van der Waals surface area contributed by atoms with Gasteiger partial charge in [0.1, 0.15) is 0 Å². The van der Waals surface area contributed by atoms with Gasteiger partial charge < -0.3 is 14.8 Å². The number of carbonyl (C=O) groups is 3. The van der Waals surface area contributed by atoms with E-state index in [0.29, 0.717) is 34.7 Å². The maximum Gasteiger partial charge on any atom is 0.224 e. The fraction of sp³-hybridized carbons (Fsp3) is 0.250. The highest BCUT2D eigenvalue weighted by Gasteiger charge is 2.12. The Hall–Kier alpha value is -3.15. The van der Waals surface area contributed by atoms with Crippen molar-refractivity contribution in [3.8, 4) is 11.5 Å². The molecule has 0 saturated heterocycles. The number of methoxy groups -OCH3 is 1. The molecule has 0 unspecified atom stereocenters. The van der Waals surface area contributed by atoms with Gasteiger partial charge in [0.05, 0.1) is 7.11 Å². The van der Waals surface area contributed by atoms with Crippen molar-refractivity contribution < 1.29 is 23.9 Å². The number of hydrogen-bond donors (Lipinski definition) is 1. The topological polar surface area (TPSA) is 81.7 Å². The third kappa shape index (κ3) is 4.92. The third-order valence-corrected chi connectivity index (χ3v) is 3.74. The molecule has 0 aliphatic heterocycles. The lowest BCUT2D eigenvalue weighted by Gasteiger charge is -2.11. The Morgan fingerprint density at radius 1 is 0.962 bits per heavy atom. The summed E-state index contributed by atoms with van der Waals surface area (Å²) in [6.45, 7) is 3.06. The van der Waals surface area contributed by atoms with Gasteiger partial charge in [-0.15, -0.1) is 0 Å². The first-order valence-electron chi connectivity index (χ1n) is 8.19. The molecule has 0 fully saturated rings. The number of Topliss-reactive ketones (excluding diaryl/α,β-unsaturated/α-hetero) is 2. The van der Waals surface area contributed by atoms with E-state index in [0.717, 1.165) is 0 Å². The first-order valence-corrected chi connectivity index (χ1v) is 8.19. The van der Waals surface area contributed by atoms with E-state index in [4.69, 9.17) is 9.47 Å². The molecule has 0 heterocycles. The lowest BCUT2D eigenvalue weighted by molar-refractivity contribution is -0.115. The van der Waals surface area contributed by atoms with E-state index in [2.05, 4.69) is 5.32 Å². The summed E-state index contributed by atoms with van der Waals surface area (Å²) in [6, 6.07) is 11.4. The number of rotatable bonds is 8. The van der Waals surface area contributed by atoms with Crippen LogP contribution >= 0.6 is 0 Å². The minimum atomic E-state index is -0.212. The molecule has 0 aliphatic rings. The fourth-order valence-corrected chi connectivity index (χ4v) is 2.22. The highest BCUT2D eigenvalue weighted by molar-refractivity contribution is 5.98. The zero-order chi connectivity index (χ0) is 19.1. The number of nitrogens with one attached hydrogen (secondary N) is 1. The summed E-state index contributed by atoms with van der Waals surface area (Å²) < 4.78 is 10.7. The molecule has 0 aliphatic carbocycles. The van der Waals surface area contributed by atoms with Crippen molar-refractivity contribution in [3.63, 3.8) is 0 Å². The Labute approximate surface area is 152 Å². The van der Waals surface area contributed by atoms with Crippen LogP contribution in [0.2, 0.25) is 0 Å². The summed E-state index contributed by atoms with van der Waals surface area (Å²) in [4.78, 5) is 35.0. The lowest BCUT2D eigenvalue weighted by Crippen LogP contribution is -2.13. The number of carbonyl (C=O) groups excluding carboxylic acids is 3. The van der Waals surface area contributed by atoms with E-state index in [-0.39, 0.29) is 24.1 Å². The lowest BCUT2D eigenvalue weighted by atomic mass is 10.1. The van der Waals surface area contributed by atoms with E-state index < -0.39 is 0 Å². The number of anilines is 1. The van der Waals surface area contributed by atoms with Crippen molar-refractivity contribution in [2.45, 2.75) is 20.3 Å². The van der Waals surface area contributed by atoms with Crippen LogP contribution in [0.1, 0.15) is 41.0 Å². The predicted octanol–water partition coefficient (Wildman–Crippen LogP) is 3.51. The Kier molecular flexibility index (Phi) is 6.49. The number of ether oxygens (including phenoxy) is 2. The SMILES string of the molecule is CCC(=O)Nc1ccc(C(=O)COc2ccc(C(C)=O)cc2OC)cc1. The fourth-order valence-electron chi connectivity index (χ4n) is 2.22. The molecule has 0 bridgehead atoms. The van der Waals surface area contributed by atoms with Crippen LogP contribution in [0.3, 0.4) is 0 Å². The van der Waals surface area contributed by atoms with Gasteiger partial charge in [-0.3, -0.25) is 14.4 Å². The van der Waals surface area contributed by atoms with Gasteiger partial charge in [0, 0.05) is 23.2 Å². The average molecular weight is 355 g/mol. The standard InChI is InChI=1S/C20H21NO5/c1-4-20(24)21-16-8-5-14(6-9-16)17(23)12-26-18-10-7-15(13(2)22)11-19(18)25-3/h5-11H,4,12H2,1-3H3,(H,21,24). The largest absolute Gasteiger partial charge is 0.493 e. The summed E-state index contributed by atoms with van der Waals surface area (Å²) in [7, 11) is 1.47. The molecule has 0 saturated carbocycles. The van der Waals surface area contributed by atoms with Gasteiger partial charge in [0.2, 0.25) is 5.91 Å². The summed E-state index contributed by atoms with van der Waals surface area (Å²) in [6.07, 6.45) is 0.388. The maximum atomic E-state index is 12.3. The highest BCUT2D eigenvalue weighted by Crippen LogP contribution is 2.28. The second-order valence-electron chi connectivity index (χ2n) is 5.61. The second-order valence-corrected chi connectivity index (χ2v) is 5.61. The molecular weight excluding hydrogens is 334 g/mol. The molecule has 2 aromatic carbocycles. The molecule has 1 amide bonds. The van der Waals surface area contributed by atoms with Gasteiger partial charge in [-0.25, -0.2) is 0 Å². The van der Waals surface area contributed by atoms with Gasteiger partial charge in [-0.05, 0) is 49.4 Å². The zero-order valence-corrected chi connectivity index (χ0v) is 15.0. The van der Waals surface area contributed by atoms with Gasteiger partial charge in [-0.2, -0.15) is 0 Å². The monoisotopic (exact) mass is 355 g/mol. The average Bonchev–Trinajstić information content (AvgIpc) is 2.66. The van der Waals surface area contributed by atoms with E-state index in [1.165, 1.54) is 14.0 Å². The van der Waals surface area contributed by atoms with Crippen LogP contribution in [0.25, 0.3) is 0 Å². The predicted molar refractivity (Wildman–Crippen MR) is 98.2 cm³/mol. The molecule has 136 valence electrons. The second kappa shape index (κ2) is 8.80. The van der Waals surface area contributed by atoms with Crippen molar-refractivity contribution in [1.82, 2.24) is 0 Å². The molecular formula is C20H21NO5. The Balaban J connectivity index is 2.02. The van der Waals surface area contributed by atoms with Crippen LogP contribution in [0.5, 0.6) is 11.5 Å². The van der Waals surface area contributed by atoms with Crippen molar-refractivity contribution in [1.29, 1.82) is 0 Å². The van der Waals surface area contributed by atoms with Crippen LogP contribution in [0, 0.1) is 0 Å². The van der Waals surface area contributed by atoms with Gasteiger partial charge in [0.25, 0.3) is 0 Å². The minimum Gasteiger partial charge on any atom is -0.493 e. The molecule has 0 spiro atoms. The molecule has 2 aromatic rings. The zero-order valence-electron chi connectivity index (χ0n) is 15.0. The number of ketones is 2. The minimum absolute atomic E-state index is 0.0822. The first-order chi connectivity index (χ1) is 12.4. The van der Waals surface area contributed by atoms with Gasteiger partial charge >= 0.3 is 0 Å². The third-order valence-electron chi connectivity index (χ3n) is 3.74. The Morgan fingerprint density at radius 2 is 1.62 bits per heavy atom.